The predicted molar refractivity (Wildman–Crippen MR) is 64.6 cm³/mol. The van der Waals surface area contributed by atoms with Crippen molar-refractivity contribution in [1.29, 1.82) is 0 Å². The largest absolute Gasteiger partial charge is 0.481 e. The molecule has 2 unspecified atom stereocenters. The first-order valence-corrected chi connectivity index (χ1v) is 6.15. The number of nitrogens with zero attached hydrogens (tertiary/aromatic N) is 1. The first kappa shape index (κ1) is 14.0. The number of piperidine rings is 1. The van der Waals surface area contributed by atoms with Crippen LogP contribution in [0.1, 0.15) is 26.7 Å². The quantitative estimate of drug-likeness (QED) is 0.755. The molecule has 0 saturated carbocycles. The summed E-state index contributed by atoms with van der Waals surface area (Å²) in [5.74, 6) is -2.07. The van der Waals surface area contributed by atoms with Crippen LogP contribution >= 0.6 is 0 Å². The van der Waals surface area contributed by atoms with Crippen molar-refractivity contribution < 1.29 is 14.7 Å². The van der Waals surface area contributed by atoms with Crippen molar-refractivity contribution in [3.8, 4) is 0 Å². The van der Waals surface area contributed by atoms with Crippen molar-refractivity contribution in [1.82, 2.24) is 10.2 Å². The third kappa shape index (κ3) is 3.43. The van der Waals surface area contributed by atoms with Crippen LogP contribution < -0.4 is 5.32 Å². The Morgan fingerprint density at radius 1 is 1.24 bits per heavy atom. The molecule has 0 aromatic heterocycles. The maximum Gasteiger partial charge on any atom is 0.307 e. The first-order valence-electron chi connectivity index (χ1n) is 6.15. The molecular weight excluding hydrogens is 220 g/mol. The standard InChI is InChI=1S/C12H22N2O3/c1-8(9(2)12(16)17)11(15)14(3)10-4-6-13-7-5-10/h8-10,13H,4-7H2,1-3H3,(H,16,17). The number of carboxylic acids is 1. The highest BCUT2D eigenvalue weighted by Crippen LogP contribution is 2.18. The van der Waals surface area contributed by atoms with Gasteiger partial charge in [-0.05, 0) is 25.9 Å². The molecule has 5 nitrogen and oxygen atoms in total. The molecule has 0 spiro atoms. The summed E-state index contributed by atoms with van der Waals surface area (Å²) in [6.07, 6.45) is 1.88. The van der Waals surface area contributed by atoms with Gasteiger partial charge in [-0.2, -0.15) is 0 Å². The molecule has 17 heavy (non-hydrogen) atoms. The lowest BCUT2D eigenvalue weighted by atomic mass is 9.93. The normalized spacial score (nSPS) is 20.6. The second kappa shape index (κ2) is 6.00. The summed E-state index contributed by atoms with van der Waals surface area (Å²) in [5, 5.41) is 12.2. The van der Waals surface area contributed by atoms with Crippen LogP contribution in [-0.4, -0.2) is 48.1 Å². The van der Waals surface area contributed by atoms with E-state index in [2.05, 4.69) is 5.32 Å². The van der Waals surface area contributed by atoms with Gasteiger partial charge < -0.3 is 15.3 Å². The molecule has 1 fully saturated rings. The fourth-order valence-electron chi connectivity index (χ4n) is 2.12. The molecule has 2 atom stereocenters. The highest BCUT2D eigenvalue weighted by atomic mass is 16.4. The molecule has 1 heterocycles. The van der Waals surface area contributed by atoms with Gasteiger partial charge in [0.05, 0.1) is 5.92 Å². The number of carbonyl (C=O) groups excluding carboxylic acids is 1. The Kier molecular flexibility index (Phi) is 4.93. The van der Waals surface area contributed by atoms with Gasteiger partial charge in [0.1, 0.15) is 0 Å². The Morgan fingerprint density at radius 3 is 2.24 bits per heavy atom. The summed E-state index contributed by atoms with van der Waals surface area (Å²) < 4.78 is 0. The van der Waals surface area contributed by atoms with Crippen molar-refractivity contribution in [3.05, 3.63) is 0 Å². The third-order valence-electron chi connectivity index (χ3n) is 3.73. The number of aliphatic carboxylic acids is 1. The molecule has 5 heteroatoms. The van der Waals surface area contributed by atoms with E-state index in [9.17, 15) is 9.59 Å². The summed E-state index contributed by atoms with van der Waals surface area (Å²) >= 11 is 0. The Morgan fingerprint density at radius 2 is 1.76 bits per heavy atom. The van der Waals surface area contributed by atoms with Gasteiger partial charge in [0.2, 0.25) is 5.91 Å². The summed E-state index contributed by atoms with van der Waals surface area (Å²) in [5.41, 5.74) is 0. The Bertz CT molecular complexity index is 287. The van der Waals surface area contributed by atoms with Crippen LogP contribution in [0.3, 0.4) is 0 Å². The molecule has 0 radical (unpaired) electrons. The monoisotopic (exact) mass is 242 g/mol. The van der Waals surface area contributed by atoms with E-state index in [1.165, 1.54) is 0 Å². The highest BCUT2D eigenvalue weighted by molar-refractivity contribution is 5.84. The van der Waals surface area contributed by atoms with Crippen molar-refractivity contribution >= 4 is 11.9 Å². The fourth-order valence-corrected chi connectivity index (χ4v) is 2.12. The molecule has 0 aromatic rings. The van der Waals surface area contributed by atoms with Crippen molar-refractivity contribution in [2.45, 2.75) is 32.7 Å². The number of hydrogen-bond acceptors (Lipinski definition) is 3. The molecule has 0 bridgehead atoms. The molecule has 1 aliphatic heterocycles. The summed E-state index contributed by atoms with van der Waals surface area (Å²) in [4.78, 5) is 24.7. The van der Waals surface area contributed by atoms with Gasteiger partial charge in [-0.1, -0.05) is 13.8 Å². The maximum atomic E-state index is 12.1. The minimum Gasteiger partial charge on any atom is -0.481 e. The van der Waals surface area contributed by atoms with Crippen molar-refractivity contribution in [2.75, 3.05) is 20.1 Å². The molecular formula is C12H22N2O3. The number of amides is 1. The molecule has 1 saturated heterocycles. The summed E-state index contributed by atoms with van der Waals surface area (Å²) in [7, 11) is 1.78. The van der Waals surface area contributed by atoms with Gasteiger partial charge in [0.25, 0.3) is 0 Å². The van der Waals surface area contributed by atoms with E-state index in [1.807, 2.05) is 0 Å². The van der Waals surface area contributed by atoms with E-state index >= 15 is 0 Å². The van der Waals surface area contributed by atoms with E-state index in [0.717, 1.165) is 25.9 Å². The van der Waals surface area contributed by atoms with E-state index in [-0.39, 0.29) is 11.9 Å². The van der Waals surface area contributed by atoms with Gasteiger partial charge in [-0.3, -0.25) is 9.59 Å². The van der Waals surface area contributed by atoms with Gasteiger partial charge in [-0.15, -0.1) is 0 Å². The summed E-state index contributed by atoms with van der Waals surface area (Å²) in [6, 6.07) is 0.243. The SMILES string of the molecule is CC(C(=O)O)C(C)C(=O)N(C)C1CCNCC1. The zero-order valence-corrected chi connectivity index (χ0v) is 10.8. The van der Waals surface area contributed by atoms with E-state index in [0.29, 0.717) is 0 Å². The van der Waals surface area contributed by atoms with Crippen LogP contribution in [0.15, 0.2) is 0 Å². The van der Waals surface area contributed by atoms with Gasteiger partial charge >= 0.3 is 5.97 Å². The molecule has 1 aliphatic rings. The third-order valence-corrected chi connectivity index (χ3v) is 3.73. The molecule has 0 aliphatic carbocycles. The van der Waals surface area contributed by atoms with Gasteiger partial charge in [0, 0.05) is 19.0 Å². The predicted octanol–water partition coefficient (Wildman–Crippen LogP) is 0.554. The van der Waals surface area contributed by atoms with E-state index < -0.39 is 17.8 Å². The Hall–Kier alpha value is -1.10. The lowest BCUT2D eigenvalue weighted by molar-refractivity contribution is -0.149. The van der Waals surface area contributed by atoms with Crippen LogP contribution in [0, 0.1) is 11.8 Å². The smallest absolute Gasteiger partial charge is 0.307 e. The van der Waals surface area contributed by atoms with Crippen LogP contribution in [0.2, 0.25) is 0 Å². The van der Waals surface area contributed by atoms with Crippen LogP contribution in [0.4, 0.5) is 0 Å². The van der Waals surface area contributed by atoms with E-state index in [4.69, 9.17) is 5.11 Å². The molecule has 0 aromatic carbocycles. The number of hydrogen-bond donors (Lipinski definition) is 2. The molecule has 98 valence electrons. The summed E-state index contributed by atoms with van der Waals surface area (Å²) in [6.45, 7) is 5.12. The highest BCUT2D eigenvalue weighted by Gasteiger charge is 2.31. The zero-order valence-electron chi connectivity index (χ0n) is 10.8. The van der Waals surface area contributed by atoms with Gasteiger partial charge in [0.15, 0.2) is 0 Å². The second-order valence-corrected chi connectivity index (χ2v) is 4.85. The van der Waals surface area contributed by atoms with Crippen molar-refractivity contribution in [3.63, 3.8) is 0 Å². The lowest BCUT2D eigenvalue weighted by Gasteiger charge is -2.34. The topological polar surface area (TPSA) is 69.6 Å². The van der Waals surface area contributed by atoms with Gasteiger partial charge in [-0.25, -0.2) is 0 Å². The number of carboxylic acid groups (broad SMARTS) is 1. The number of nitrogens with one attached hydrogen (secondary N) is 1. The first-order chi connectivity index (χ1) is 7.95. The minimum atomic E-state index is -0.912. The number of rotatable bonds is 4. The van der Waals surface area contributed by atoms with Crippen LogP contribution in [-0.2, 0) is 9.59 Å². The molecule has 1 rings (SSSR count). The fraction of sp³-hybridized carbons (Fsp3) is 0.833. The van der Waals surface area contributed by atoms with E-state index in [1.54, 1.807) is 25.8 Å². The number of carbonyl (C=O) groups is 2. The second-order valence-electron chi connectivity index (χ2n) is 4.85. The zero-order chi connectivity index (χ0) is 13.0. The molecule has 1 amide bonds. The Balaban J connectivity index is 2.58. The molecule has 2 N–H and O–H groups in total. The lowest BCUT2D eigenvalue weighted by Crippen LogP contribution is -2.47. The maximum absolute atomic E-state index is 12.1. The minimum absolute atomic E-state index is 0.0631. The van der Waals surface area contributed by atoms with Crippen molar-refractivity contribution in [2.24, 2.45) is 11.8 Å². The average Bonchev–Trinajstić information content (AvgIpc) is 2.36. The van der Waals surface area contributed by atoms with Crippen LogP contribution in [0.25, 0.3) is 0 Å². The average molecular weight is 242 g/mol. The Labute approximate surface area is 102 Å². The van der Waals surface area contributed by atoms with Crippen LogP contribution in [0.5, 0.6) is 0 Å².